The lowest BCUT2D eigenvalue weighted by atomic mass is 10.0. The van der Waals surface area contributed by atoms with E-state index in [1.165, 1.54) is 35.4 Å². The summed E-state index contributed by atoms with van der Waals surface area (Å²) < 4.78 is 17.7. The van der Waals surface area contributed by atoms with Gasteiger partial charge in [0.25, 0.3) is 0 Å². The lowest BCUT2D eigenvalue weighted by molar-refractivity contribution is -0.160. The van der Waals surface area contributed by atoms with Crippen LogP contribution >= 0.6 is 37.2 Å². The normalized spacial score (nSPS) is 8.93. The van der Waals surface area contributed by atoms with Crippen molar-refractivity contribution in [3.8, 4) is 0 Å². The molecule has 0 saturated carbocycles. The van der Waals surface area contributed by atoms with Gasteiger partial charge in [-0.05, 0) is 19.8 Å². The lowest BCUT2D eigenvalue weighted by Crippen LogP contribution is -2.26. The average molecular weight is 664 g/mol. The maximum atomic E-state index is 11.3. The van der Waals surface area contributed by atoms with Crippen LogP contribution in [0.25, 0.3) is 0 Å². The first-order chi connectivity index (χ1) is 14.3. The van der Waals surface area contributed by atoms with Gasteiger partial charge in [0, 0.05) is 50.9 Å². The summed E-state index contributed by atoms with van der Waals surface area (Å²) in [5.74, 6) is -3.89. The van der Waals surface area contributed by atoms with E-state index in [-0.39, 0.29) is 6.61 Å². The molecule has 2 N–H and O–H groups in total. The zero-order chi connectivity index (χ0) is 24.5. The summed E-state index contributed by atoms with van der Waals surface area (Å²) in [6.45, 7) is 1.61. The first-order valence-electron chi connectivity index (χ1n) is 8.81. The number of aliphatic hydroxyl groups is 2. The van der Waals surface area contributed by atoms with E-state index in [0.29, 0.717) is 6.42 Å². The van der Waals surface area contributed by atoms with Crippen molar-refractivity contribution in [3.63, 3.8) is 0 Å². The third-order valence-electron chi connectivity index (χ3n) is 3.48. The van der Waals surface area contributed by atoms with Gasteiger partial charge in [-0.3, -0.25) is 19.2 Å². The van der Waals surface area contributed by atoms with Gasteiger partial charge in [0.05, 0.1) is 28.4 Å². The molecule has 0 aromatic heterocycles. The number of esters is 4. The summed E-state index contributed by atoms with van der Waals surface area (Å²) in [6, 6.07) is 0. The lowest BCUT2D eigenvalue weighted by Gasteiger charge is -2.11. The van der Waals surface area contributed by atoms with Crippen LogP contribution in [0.4, 0.5) is 0 Å². The van der Waals surface area contributed by atoms with Crippen LogP contribution in [0.3, 0.4) is 0 Å². The fourth-order valence-corrected chi connectivity index (χ4v) is 1.88. The van der Waals surface area contributed by atoms with Gasteiger partial charge in [-0.15, -0.1) is 0 Å². The molecule has 0 aliphatic carbocycles. The van der Waals surface area contributed by atoms with Gasteiger partial charge in [0.15, 0.2) is 11.8 Å². The van der Waals surface area contributed by atoms with Crippen molar-refractivity contribution in [2.24, 2.45) is 11.8 Å². The molecule has 12 heteroatoms. The van der Waals surface area contributed by atoms with Crippen LogP contribution in [0, 0.1) is 11.8 Å². The van der Waals surface area contributed by atoms with E-state index in [9.17, 15) is 19.2 Å². The fraction of sp³-hybridized carbons (Fsp3) is 0.778. The predicted molar refractivity (Wildman–Crippen MR) is 127 cm³/mol. The third kappa shape index (κ3) is 20.5. The summed E-state index contributed by atoms with van der Waals surface area (Å²) in [5, 5.41) is 15.6. The molecule has 0 fully saturated rings. The highest BCUT2D eigenvalue weighted by Crippen LogP contribution is 2.14. The standard InChI is InChI=1S/C11H20O5.C6H10O4.CH4O.I2/c1-15-10(13)9(11(14)16-2)7-5-3-4-6-8-12;1-4(5(7)9-2)6(8)10-3;2*1-2/h9,12H,3-8H2,1-2H3;4H,1-3H3;2H,1H3;. The fourth-order valence-electron chi connectivity index (χ4n) is 1.88. The van der Waals surface area contributed by atoms with Crippen LogP contribution in [0.1, 0.15) is 39.0 Å². The highest BCUT2D eigenvalue weighted by molar-refractivity contribution is 15.0. The van der Waals surface area contributed by atoms with Crippen molar-refractivity contribution < 1.29 is 48.3 Å². The van der Waals surface area contributed by atoms with Crippen LogP contribution in [0.5, 0.6) is 0 Å². The molecular formula is C18H34I2O10. The van der Waals surface area contributed by atoms with Gasteiger partial charge >= 0.3 is 23.9 Å². The summed E-state index contributed by atoms with van der Waals surface area (Å²) in [6.07, 6.45) is 3.71. The van der Waals surface area contributed by atoms with Crippen molar-refractivity contribution >= 4 is 61.1 Å². The van der Waals surface area contributed by atoms with E-state index in [4.69, 9.17) is 10.2 Å². The predicted octanol–water partition coefficient (Wildman–Crippen LogP) is 2.24. The smallest absolute Gasteiger partial charge is 0.320 e. The minimum atomic E-state index is -0.824. The summed E-state index contributed by atoms with van der Waals surface area (Å²) in [5.41, 5.74) is 0. The molecule has 0 radical (unpaired) electrons. The number of hydrogen-bond donors (Lipinski definition) is 2. The Hall–Kier alpha value is -0.740. The molecule has 0 aliphatic heterocycles. The minimum Gasteiger partial charge on any atom is -0.468 e. The molecule has 0 saturated heterocycles. The largest absolute Gasteiger partial charge is 0.468 e. The molecule has 10 nitrogen and oxygen atoms in total. The monoisotopic (exact) mass is 664 g/mol. The van der Waals surface area contributed by atoms with E-state index < -0.39 is 35.7 Å². The number of unbranched alkanes of at least 4 members (excludes halogenated alkanes) is 3. The second kappa shape index (κ2) is 28.3. The molecular weight excluding hydrogens is 630 g/mol. The Bertz CT molecular complexity index is 415. The average Bonchev–Trinajstić information content (AvgIpc) is 2.81. The van der Waals surface area contributed by atoms with Crippen LogP contribution in [0.15, 0.2) is 0 Å². The maximum absolute atomic E-state index is 11.3. The molecule has 0 aromatic rings. The van der Waals surface area contributed by atoms with E-state index in [1.807, 2.05) is 0 Å². The highest BCUT2D eigenvalue weighted by atomic mass is 128. The number of carbonyl (C=O) groups is 4. The molecule has 0 atom stereocenters. The number of halogens is 2. The van der Waals surface area contributed by atoms with E-state index >= 15 is 0 Å². The van der Waals surface area contributed by atoms with Gasteiger partial charge in [0.2, 0.25) is 0 Å². The number of ether oxygens (including phenoxy) is 4. The van der Waals surface area contributed by atoms with Crippen molar-refractivity contribution in [3.05, 3.63) is 0 Å². The van der Waals surface area contributed by atoms with Crippen molar-refractivity contribution in [1.82, 2.24) is 0 Å². The first kappa shape index (κ1) is 36.6. The van der Waals surface area contributed by atoms with Crippen LogP contribution in [0.2, 0.25) is 0 Å². The molecule has 0 unspecified atom stereocenters. The molecule has 0 amide bonds. The Labute approximate surface area is 201 Å². The second-order valence-corrected chi connectivity index (χ2v) is 5.29. The van der Waals surface area contributed by atoms with Crippen molar-refractivity contribution in [2.45, 2.75) is 39.0 Å². The Balaban J connectivity index is -0.000000207. The Morgan fingerprint density at radius 1 is 0.700 bits per heavy atom. The number of methoxy groups -OCH3 is 4. The molecule has 0 aliphatic rings. The number of carbonyl (C=O) groups excluding carboxylic acids is 4. The SMILES string of the molecule is CO.COC(=O)C(C)C(=O)OC.COC(=O)C(CCCCCCO)C(=O)OC.II. The first-order valence-corrected chi connectivity index (χ1v) is 15.1. The van der Waals surface area contributed by atoms with Gasteiger partial charge in [-0.1, -0.05) is 19.3 Å². The molecule has 180 valence electrons. The van der Waals surface area contributed by atoms with E-state index in [0.717, 1.165) is 32.8 Å². The van der Waals surface area contributed by atoms with Crippen molar-refractivity contribution in [2.75, 3.05) is 42.2 Å². The van der Waals surface area contributed by atoms with Gasteiger partial charge in [0.1, 0.15) is 0 Å². The molecule has 0 spiro atoms. The Kier molecular flexibility index (Phi) is 34.5. The quantitative estimate of drug-likeness (QED) is 0.117. The highest BCUT2D eigenvalue weighted by Gasteiger charge is 2.27. The molecule has 0 aromatic carbocycles. The third-order valence-corrected chi connectivity index (χ3v) is 3.48. The molecule has 30 heavy (non-hydrogen) atoms. The number of hydrogen-bond acceptors (Lipinski definition) is 10. The van der Waals surface area contributed by atoms with Crippen LogP contribution in [-0.2, 0) is 38.1 Å². The van der Waals surface area contributed by atoms with E-state index in [2.05, 4.69) is 56.2 Å². The summed E-state index contributed by atoms with van der Waals surface area (Å²) in [7, 11) is 5.96. The second-order valence-electron chi connectivity index (χ2n) is 5.29. The van der Waals surface area contributed by atoms with Crippen LogP contribution < -0.4 is 0 Å². The summed E-state index contributed by atoms with van der Waals surface area (Å²) >= 11 is 4.24. The zero-order valence-electron chi connectivity index (χ0n) is 18.3. The maximum Gasteiger partial charge on any atom is 0.320 e. The van der Waals surface area contributed by atoms with E-state index in [1.54, 1.807) is 0 Å². The van der Waals surface area contributed by atoms with Gasteiger partial charge in [-0.25, -0.2) is 0 Å². The number of rotatable bonds is 10. The van der Waals surface area contributed by atoms with Crippen LogP contribution in [-0.4, -0.2) is 76.2 Å². The molecule has 0 rings (SSSR count). The summed E-state index contributed by atoms with van der Waals surface area (Å²) in [4.78, 5) is 43.7. The Morgan fingerprint density at radius 3 is 1.33 bits per heavy atom. The van der Waals surface area contributed by atoms with Gasteiger partial charge in [-0.2, -0.15) is 0 Å². The minimum absolute atomic E-state index is 0.178. The topological polar surface area (TPSA) is 146 Å². The van der Waals surface area contributed by atoms with Crippen molar-refractivity contribution in [1.29, 1.82) is 0 Å². The molecule has 0 bridgehead atoms. The van der Waals surface area contributed by atoms with Gasteiger partial charge < -0.3 is 29.2 Å². The number of aliphatic hydroxyl groups excluding tert-OH is 2. The Morgan fingerprint density at radius 2 is 1.03 bits per heavy atom. The zero-order valence-corrected chi connectivity index (χ0v) is 22.6. The molecule has 0 heterocycles.